The van der Waals surface area contributed by atoms with Gasteiger partial charge in [0.2, 0.25) is 0 Å². The first kappa shape index (κ1) is 13.9. The van der Waals surface area contributed by atoms with Gasteiger partial charge >= 0.3 is 0 Å². The molecule has 0 aliphatic carbocycles. The molecule has 2 N–H and O–H groups in total. The Balaban J connectivity index is 2.19. The van der Waals surface area contributed by atoms with Gasteiger partial charge in [-0.05, 0) is 36.6 Å². The van der Waals surface area contributed by atoms with Crippen molar-refractivity contribution < 1.29 is 10.0 Å². The van der Waals surface area contributed by atoms with E-state index in [0.717, 1.165) is 16.7 Å². The predicted molar refractivity (Wildman–Crippen MR) is 78.0 cm³/mol. The number of hydrogen-bond acceptors (Lipinski definition) is 4. The van der Waals surface area contributed by atoms with Crippen LogP contribution in [-0.2, 0) is 6.54 Å². The van der Waals surface area contributed by atoms with Crippen LogP contribution in [-0.4, -0.2) is 10.0 Å². The molecule has 0 aliphatic rings. The largest absolute Gasteiger partial charge is 0.507 e. The Morgan fingerprint density at radius 1 is 1.20 bits per heavy atom. The maximum absolute atomic E-state index is 10.9. The highest BCUT2D eigenvalue weighted by atomic mass is 16.6. The van der Waals surface area contributed by atoms with Gasteiger partial charge in [0.15, 0.2) is 0 Å². The lowest BCUT2D eigenvalue weighted by Gasteiger charge is -2.10. The van der Waals surface area contributed by atoms with E-state index in [0.29, 0.717) is 18.0 Å². The number of nitro benzene ring substituents is 1. The number of benzene rings is 2. The van der Waals surface area contributed by atoms with Crippen LogP contribution in [0.4, 0.5) is 11.4 Å². The van der Waals surface area contributed by atoms with Gasteiger partial charge in [-0.3, -0.25) is 10.1 Å². The summed E-state index contributed by atoms with van der Waals surface area (Å²) in [6.45, 7) is 4.13. The molecule has 0 saturated carbocycles. The molecule has 0 radical (unpaired) electrons. The van der Waals surface area contributed by atoms with Crippen molar-refractivity contribution in [3.63, 3.8) is 0 Å². The number of anilines is 1. The van der Waals surface area contributed by atoms with Crippen molar-refractivity contribution in [3.05, 3.63) is 63.2 Å². The summed E-state index contributed by atoms with van der Waals surface area (Å²) in [6.07, 6.45) is 0. The predicted octanol–water partition coefficient (Wildman–Crippen LogP) is 3.53. The number of rotatable bonds is 4. The van der Waals surface area contributed by atoms with E-state index in [-0.39, 0.29) is 5.69 Å². The molecule has 2 aromatic rings. The fourth-order valence-electron chi connectivity index (χ4n) is 2.13. The van der Waals surface area contributed by atoms with E-state index in [4.69, 9.17) is 0 Å². The van der Waals surface area contributed by atoms with Gasteiger partial charge in [0, 0.05) is 12.6 Å². The summed E-state index contributed by atoms with van der Waals surface area (Å²) in [5.41, 5.74) is 3.10. The average molecular weight is 272 g/mol. The van der Waals surface area contributed by atoms with Crippen LogP contribution in [0.3, 0.4) is 0 Å². The standard InChI is InChI=1S/C15H16N2O3/c1-10-7-12(8-11(2)15(10)18)9-16-13-5-3-4-6-14(13)17(19)20/h3-8,16,18H,9H2,1-2H3. The molecule has 2 aromatic carbocycles. The molecule has 0 aliphatic heterocycles. The Labute approximate surface area is 117 Å². The van der Waals surface area contributed by atoms with Crippen molar-refractivity contribution in [1.29, 1.82) is 0 Å². The molecule has 20 heavy (non-hydrogen) atoms. The van der Waals surface area contributed by atoms with Crippen molar-refractivity contribution in [2.75, 3.05) is 5.32 Å². The van der Waals surface area contributed by atoms with Crippen molar-refractivity contribution >= 4 is 11.4 Å². The summed E-state index contributed by atoms with van der Waals surface area (Å²) in [7, 11) is 0. The minimum absolute atomic E-state index is 0.0553. The number of nitrogens with one attached hydrogen (secondary N) is 1. The first-order valence-corrected chi connectivity index (χ1v) is 6.25. The SMILES string of the molecule is Cc1cc(CNc2ccccc2[N+](=O)[O-])cc(C)c1O. The monoisotopic (exact) mass is 272 g/mol. The van der Waals surface area contributed by atoms with Gasteiger partial charge in [0.05, 0.1) is 4.92 Å². The number of hydrogen-bond donors (Lipinski definition) is 2. The summed E-state index contributed by atoms with van der Waals surface area (Å²) in [5, 5.41) is 23.7. The third kappa shape index (κ3) is 2.88. The summed E-state index contributed by atoms with van der Waals surface area (Å²) in [4.78, 5) is 10.5. The van der Waals surface area contributed by atoms with E-state index < -0.39 is 4.92 Å². The average Bonchev–Trinajstić information content (AvgIpc) is 2.42. The van der Waals surface area contributed by atoms with Gasteiger partial charge < -0.3 is 10.4 Å². The molecule has 0 amide bonds. The molecule has 0 bridgehead atoms. The lowest BCUT2D eigenvalue weighted by molar-refractivity contribution is -0.384. The Hall–Kier alpha value is -2.56. The van der Waals surface area contributed by atoms with Gasteiger partial charge in [-0.25, -0.2) is 0 Å². The van der Waals surface area contributed by atoms with Crippen LogP contribution in [0.25, 0.3) is 0 Å². The molecule has 0 heterocycles. The number of nitrogens with zero attached hydrogens (tertiary/aromatic N) is 1. The van der Waals surface area contributed by atoms with E-state index in [1.807, 2.05) is 26.0 Å². The first-order chi connectivity index (χ1) is 9.49. The van der Waals surface area contributed by atoms with Crippen molar-refractivity contribution in [2.24, 2.45) is 0 Å². The van der Waals surface area contributed by atoms with Gasteiger partial charge in [-0.2, -0.15) is 0 Å². The van der Waals surface area contributed by atoms with Crippen molar-refractivity contribution in [3.8, 4) is 5.75 Å². The summed E-state index contributed by atoms with van der Waals surface area (Å²) < 4.78 is 0. The quantitative estimate of drug-likeness (QED) is 0.659. The molecule has 2 rings (SSSR count). The van der Waals surface area contributed by atoms with Crippen LogP contribution >= 0.6 is 0 Å². The molecule has 0 unspecified atom stereocenters. The fraction of sp³-hybridized carbons (Fsp3) is 0.200. The van der Waals surface area contributed by atoms with Gasteiger partial charge in [-0.1, -0.05) is 24.3 Å². The van der Waals surface area contributed by atoms with Crippen LogP contribution in [0.2, 0.25) is 0 Å². The second-order valence-corrected chi connectivity index (χ2v) is 4.71. The molecular formula is C15H16N2O3. The van der Waals surface area contributed by atoms with Crippen LogP contribution in [0.15, 0.2) is 36.4 Å². The number of nitro groups is 1. The first-order valence-electron chi connectivity index (χ1n) is 6.25. The highest BCUT2D eigenvalue weighted by molar-refractivity contribution is 5.61. The number of aryl methyl sites for hydroxylation is 2. The van der Waals surface area contributed by atoms with E-state index in [1.165, 1.54) is 6.07 Å². The van der Waals surface area contributed by atoms with Crippen LogP contribution in [0, 0.1) is 24.0 Å². The molecule has 0 spiro atoms. The summed E-state index contributed by atoms with van der Waals surface area (Å²) in [6, 6.07) is 10.3. The molecule has 0 fully saturated rings. The Morgan fingerprint density at radius 2 is 1.80 bits per heavy atom. The number of phenolic OH excluding ortho intramolecular Hbond substituents is 1. The van der Waals surface area contributed by atoms with Crippen LogP contribution in [0.1, 0.15) is 16.7 Å². The fourth-order valence-corrected chi connectivity index (χ4v) is 2.13. The molecule has 0 aromatic heterocycles. The smallest absolute Gasteiger partial charge is 0.292 e. The zero-order chi connectivity index (χ0) is 14.7. The highest BCUT2D eigenvalue weighted by Gasteiger charge is 2.12. The molecular weight excluding hydrogens is 256 g/mol. The number of para-hydroxylation sites is 2. The maximum Gasteiger partial charge on any atom is 0.292 e. The van der Waals surface area contributed by atoms with Gasteiger partial charge in [-0.15, -0.1) is 0 Å². The van der Waals surface area contributed by atoms with E-state index >= 15 is 0 Å². The number of aromatic hydroxyl groups is 1. The topological polar surface area (TPSA) is 75.4 Å². The van der Waals surface area contributed by atoms with Crippen molar-refractivity contribution in [1.82, 2.24) is 0 Å². The Kier molecular flexibility index (Phi) is 3.89. The lowest BCUT2D eigenvalue weighted by atomic mass is 10.1. The lowest BCUT2D eigenvalue weighted by Crippen LogP contribution is -2.03. The minimum Gasteiger partial charge on any atom is -0.507 e. The highest BCUT2D eigenvalue weighted by Crippen LogP contribution is 2.26. The summed E-state index contributed by atoms with van der Waals surface area (Å²) in [5.74, 6) is 0.291. The molecule has 104 valence electrons. The molecule has 5 heteroatoms. The third-order valence-corrected chi connectivity index (χ3v) is 3.13. The Bertz CT molecular complexity index is 630. The summed E-state index contributed by atoms with van der Waals surface area (Å²) >= 11 is 0. The second-order valence-electron chi connectivity index (χ2n) is 4.71. The minimum atomic E-state index is -0.407. The van der Waals surface area contributed by atoms with E-state index in [9.17, 15) is 15.2 Å². The van der Waals surface area contributed by atoms with Crippen LogP contribution < -0.4 is 5.32 Å². The second kappa shape index (κ2) is 5.61. The normalized spacial score (nSPS) is 10.3. The van der Waals surface area contributed by atoms with E-state index in [2.05, 4.69) is 5.32 Å². The van der Waals surface area contributed by atoms with E-state index in [1.54, 1.807) is 18.2 Å². The van der Waals surface area contributed by atoms with Crippen molar-refractivity contribution in [2.45, 2.75) is 20.4 Å². The van der Waals surface area contributed by atoms with Gasteiger partial charge in [0.1, 0.15) is 11.4 Å². The maximum atomic E-state index is 10.9. The molecule has 5 nitrogen and oxygen atoms in total. The zero-order valence-electron chi connectivity index (χ0n) is 11.4. The zero-order valence-corrected chi connectivity index (χ0v) is 11.4. The molecule has 0 saturated heterocycles. The molecule has 0 atom stereocenters. The third-order valence-electron chi connectivity index (χ3n) is 3.13. The number of phenols is 1. The van der Waals surface area contributed by atoms with Crippen LogP contribution in [0.5, 0.6) is 5.75 Å². The Morgan fingerprint density at radius 3 is 2.40 bits per heavy atom. The van der Waals surface area contributed by atoms with Gasteiger partial charge in [0.25, 0.3) is 5.69 Å².